The molecule has 1 heterocycles. The number of hydrogen-bond acceptors (Lipinski definition) is 10. The van der Waals surface area contributed by atoms with Crippen LogP contribution in [0.2, 0.25) is 0 Å². The zero-order valence-electron chi connectivity index (χ0n) is 30.7. The van der Waals surface area contributed by atoms with Gasteiger partial charge in [-0.05, 0) is 73.8 Å². The van der Waals surface area contributed by atoms with Crippen molar-refractivity contribution in [2.75, 3.05) is 13.2 Å². The summed E-state index contributed by atoms with van der Waals surface area (Å²) in [6.07, 6.45) is 4.85. The highest BCUT2D eigenvalue weighted by atomic mass is 16.6. The minimum Gasteiger partial charge on any atom is -0.462 e. The lowest BCUT2D eigenvalue weighted by molar-refractivity contribution is -0.301. The Balaban J connectivity index is 1.83. The topological polar surface area (TPSA) is 135 Å². The zero-order valence-corrected chi connectivity index (χ0v) is 30.7. The Morgan fingerprint density at radius 2 is 1.58 bits per heavy atom. The number of ether oxygens (including phenoxy) is 5. The molecule has 11 atom stereocenters. The van der Waals surface area contributed by atoms with Crippen molar-refractivity contribution in [2.24, 2.45) is 34.0 Å². The number of allylic oxidation sites excluding steroid dienone is 2. The van der Waals surface area contributed by atoms with E-state index in [1.165, 1.54) is 27.7 Å². The summed E-state index contributed by atoms with van der Waals surface area (Å²) in [6.45, 7) is 15.3. The van der Waals surface area contributed by atoms with Gasteiger partial charge in [0.25, 0.3) is 0 Å². The zero-order chi connectivity index (χ0) is 36.8. The van der Waals surface area contributed by atoms with Crippen LogP contribution >= 0.6 is 0 Å². The fourth-order valence-electron chi connectivity index (χ4n) is 10.5. The van der Waals surface area contributed by atoms with Gasteiger partial charge in [-0.1, -0.05) is 56.3 Å². The lowest BCUT2D eigenvalue weighted by Crippen LogP contribution is -2.76. The van der Waals surface area contributed by atoms with Gasteiger partial charge in [0.05, 0.1) is 18.6 Å². The second kappa shape index (κ2) is 13.8. The van der Waals surface area contributed by atoms with Crippen LogP contribution in [0.25, 0.3) is 5.57 Å². The van der Waals surface area contributed by atoms with Crippen molar-refractivity contribution in [3.8, 4) is 0 Å². The molecule has 4 aliphatic rings. The number of esters is 4. The molecule has 50 heavy (non-hydrogen) atoms. The van der Waals surface area contributed by atoms with E-state index in [-0.39, 0.29) is 13.2 Å². The molecule has 272 valence electrons. The van der Waals surface area contributed by atoms with Gasteiger partial charge in [-0.3, -0.25) is 19.2 Å². The van der Waals surface area contributed by atoms with Gasteiger partial charge in [0, 0.05) is 44.9 Å². The van der Waals surface area contributed by atoms with E-state index in [1.807, 2.05) is 69.3 Å². The first-order valence-corrected chi connectivity index (χ1v) is 17.5. The molecule has 0 saturated heterocycles. The summed E-state index contributed by atoms with van der Waals surface area (Å²) in [6, 6.07) is 9.80. The lowest BCUT2D eigenvalue weighted by atomic mass is 9.36. The molecule has 3 aliphatic carbocycles. The highest BCUT2D eigenvalue weighted by Crippen LogP contribution is 2.72. The average molecular weight is 693 g/mol. The summed E-state index contributed by atoms with van der Waals surface area (Å²) in [5.41, 5.74) is -1.99. The molecule has 5 rings (SSSR count). The minimum absolute atomic E-state index is 0.0482. The Morgan fingerprint density at radius 3 is 2.18 bits per heavy atom. The van der Waals surface area contributed by atoms with Crippen LogP contribution in [0.3, 0.4) is 0 Å². The highest BCUT2D eigenvalue weighted by Gasteiger charge is 2.76. The van der Waals surface area contributed by atoms with E-state index in [0.717, 1.165) is 11.1 Å². The number of fused-ring (bicyclic) bond motifs is 5. The molecular weight excluding hydrogens is 640 g/mol. The normalized spacial score (nSPS) is 38.5. The molecule has 1 aromatic rings. The summed E-state index contributed by atoms with van der Waals surface area (Å²) < 4.78 is 30.8. The van der Waals surface area contributed by atoms with Gasteiger partial charge in [0.1, 0.15) is 23.9 Å². The molecule has 0 aromatic heterocycles. The fraction of sp³-hybridized carbons (Fsp3) is 0.600. The van der Waals surface area contributed by atoms with E-state index in [9.17, 15) is 24.3 Å². The van der Waals surface area contributed by atoms with Gasteiger partial charge in [0.15, 0.2) is 6.10 Å². The molecule has 0 bridgehead atoms. The molecular formula is C40H52O10. The number of hydrogen-bond donors (Lipinski definition) is 1. The molecule has 4 unspecified atom stereocenters. The van der Waals surface area contributed by atoms with E-state index >= 15 is 0 Å². The molecule has 1 N–H and O–H groups in total. The number of carbonyl (C=O) groups is 4. The van der Waals surface area contributed by atoms with Crippen molar-refractivity contribution in [3.05, 3.63) is 65.8 Å². The molecule has 2 fully saturated rings. The highest BCUT2D eigenvalue weighted by molar-refractivity contribution is 5.69. The van der Waals surface area contributed by atoms with Gasteiger partial charge in [-0.25, -0.2) is 0 Å². The van der Waals surface area contributed by atoms with Crippen molar-refractivity contribution in [1.82, 2.24) is 0 Å². The molecule has 10 nitrogen and oxygen atoms in total. The molecule has 0 spiro atoms. The first-order valence-electron chi connectivity index (χ1n) is 17.5. The molecule has 2 saturated carbocycles. The van der Waals surface area contributed by atoms with Gasteiger partial charge < -0.3 is 28.8 Å². The Bertz CT molecular complexity index is 1600. The number of rotatable bonds is 7. The first kappa shape index (κ1) is 37.5. The number of aliphatic hydroxyl groups is 1. The quantitative estimate of drug-likeness (QED) is 0.213. The van der Waals surface area contributed by atoms with E-state index in [4.69, 9.17) is 23.7 Å². The van der Waals surface area contributed by atoms with E-state index in [2.05, 4.69) is 13.0 Å². The predicted molar refractivity (Wildman–Crippen MR) is 185 cm³/mol. The molecule has 0 radical (unpaired) electrons. The van der Waals surface area contributed by atoms with Crippen molar-refractivity contribution in [3.63, 3.8) is 0 Å². The van der Waals surface area contributed by atoms with Gasteiger partial charge >= 0.3 is 23.9 Å². The Hall–Kier alpha value is -3.76. The van der Waals surface area contributed by atoms with E-state index in [0.29, 0.717) is 18.4 Å². The summed E-state index contributed by atoms with van der Waals surface area (Å²) in [5.74, 6) is -3.81. The van der Waals surface area contributed by atoms with Crippen LogP contribution in [-0.2, 0) is 42.9 Å². The molecule has 1 aliphatic heterocycles. The smallest absolute Gasteiger partial charge is 0.303 e. The van der Waals surface area contributed by atoms with Crippen LogP contribution in [0.5, 0.6) is 0 Å². The molecule has 10 heteroatoms. The monoisotopic (exact) mass is 692 g/mol. The summed E-state index contributed by atoms with van der Waals surface area (Å²) in [4.78, 5) is 51.6. The van der Waals surface area contributed by atoms with Crippen LogP contribution in [0.4, 0.5) is 0 Å². The molecule has 1 aromatic carbocycles. The van der Waals surface area contributed by atoms with Crippen molar-refractivity contribution in [2.45, 2.75) is 105 Å². The standard InChI is InChI=1S/C40H52O10/c1-23(30-14-11-10-12-15-30)21-40(45)24(2)20-33(48-27(5)42)38(9)32(40)17-18-37(8)31-16-13-19-46-22-39(31,25(3)47-26(4)41)36(50-29(7)44)34(35(37)38)49-28(6)43/h10-16,20-21,25,31-36,45H,17-19,22H2,1-9H3/b23-21-/t25?,31?,32?,33-,34+,35?,36+,37+,38-,39-,40+/m1/s1. The van der Waals surface area contributed by atoms with Crippen LogP contribution in [-0.4, -0.2) is 72.2 Å². The minimum atomic E-state index is -1.48. The average Bonchev–Trinajstić information content (AvgIpc) is 3.26. The largest absolute Gasteiger partial charge is 0.462 e. The Morgan fingerprint density at radius 1 is 0.940 bits per heavy atom. The summed E-state index contributed by atoms with van der Waals surface area (Å²) in [5, 5.41) is 13.0. The third-order valence-corrected chi connectivity index (χ3v) is 12.3. The second-order valence-electron chi connectivity index (χ2n) is 15.2. The third kappa shape index (κ3) is 6.12. The summed E-state index contributed by atoms with van der Waals surface area (Å²) in [7, 11) is 0. The van der Waals surface area contributed by atoms with Crippen molar-refractivity contribution < 1.29 is 48.0 Å². The number of benzene rings is 1. The van der Waals surface area contributed by atoms with Crippen LogP contribution in [0, 0.1) is 34.0 Å². The maximum Gasteiger partial charge on any atom is 0.303 e. The second-order valence-corrected chi connectivity index (χ2v) is 15.2. The van der Waals surface area contributed by atoms with Crippen molar-refractivity contribution in [1.29, 1.82) is 0 Å². The van der Waals surface area contributed by atoms with E-state index in [1.54, 1.807) is 6.92 Å². The maximum atomic E-state index is 13.2. The van der Waals surface area contributed by atoms with E-state index < -0.39 is 87.9 Å². The van der Waals surface area contributed by atoms with Crippen LogP contribution < -0.4 is 0 Å². The Labute approximate surface area is 295 Å². The maximum absolute atomic E-state index is 13.2. The van der Waals surface area contributed by atoms with Crippen LogP contribution in [0.15, 0.2) is 60.2 Å². The third-order valence-electron chi connectivity index (χ3n) is 12.3. The first-order chi connectivity index (χ1) is 23.4. The fourth-order valence-corrected chi connectivity index (χ4v) is 10.5. The number of carbonyl (C=O) groups excluding carboxylic acids is 4. The Kier molecular flexibility index (Phi) is 10.3. The van der Waals surface area contributed by atoms with Crippen molar-refractivity contribution >= 4 is 29.5 Å². The van der Waals surface area contributed by atoms with Gasteiger partial charge in [-0.15, -0.1) is 0 Å². The van der Waals surface area contributed by atoms with Crippen LogP contribution in [0.1, 0.15) is 80.7 Å². The van der Waals surface area contributed by atoms with Gasteiger partial charge in [0.2, 0.25) is 0 Å². The lowest BCUT2D eigenvalue weighted by Gasteiger charge is -2.70. The molecule has 0 amide bonds. The van der Waals surface area contributed by atoms with Gasteiger partial charge in [-0.2, -0.15) is 0 Å². The SMILES string of the molecule is CC(=O)OC(C)[C@]12COCC=CC1[C@]1(C)CCC3[C@@](C)(C1[C@H](OC(C)=O)[C@@H]2OC(C)=O)[C@H](OC(C)=O)C=C(C)[C@@]3(O)/C=C(/C)c1ccccc1. The predicted octanol–water partition coefficient (Wildman–Crippen LogP) is 5.77. The summed E-state index contributed by atoms with van der Waals surface area (Å²) >= 11 is 0.